The molecule has 5 rings (SSSR count). The maximum atomic E-state index is 12.9. The number of rotatable bonds is 6. The second-order valence-electron chi connectivity index (χ2n) is 8.22. The molecule has 0 bridgehead atoms. The molecule has 0 aliphatic carbocycles. The fourth-order valence-corrected chi connectivity index (χ4v) is 5.04. The summed E-state index contributed by atoms with van der Waals surface area (Å²) < 4.78 is 27.3. The van der Waals surface area contributed by atoms with Crippen LogP contribution in [0.2, 0.25) is 0 Å². The van der Waals surface area contributed by atoms with Crippen molar-refractivity contribution < 1.29 is 8.42 Å². The Morgan fingerprint density at radius 3 is 2.73 bits per heavy atom. The third-order valence-electron chi connectivity index (χ3n) is 5.67. The standard InChI is InChI=1S/C23H25N7O2S/c1-15(2)33(31,32)20-6-4-3-5-19(20)27-23-29-22(28-21-10-12-25-30(21)23)26-18-8-7-17-14-24-11-9-16(17)13-18/h3-8,10,12-13,15,24H,9,11,14H2,1-2H3,(H2,26,27,28,29). The molecule has 2 aromatic heterocycles. The van der Waals surface area contributed by atoms with Crippen LogP contribution < -0.4 is 16.0 Å². The van der Waals surface area contributed by atoms with Crippen molar-refractivity contribution in [1.82, 2.24) is 24.9 Å². The average molecular weight is 464 g/mol. The summed E-state index contributed by atoms with van der Waals surface area (Å²) in [6.45, 7) is 5.17. The summed E-state index contributed by atoms with van der Waals surface area (Å²) in [5.41, 5.74) is 4.52. The van der Waals surface area contributed by atoms with Gasteiger partial charge >= 0.3 is 0 Å². The van der Waals surface area contributed by atoms with Crippen molar-refractivity contribution in [2.24, 2.45) is 0 Å². The third kappa shape index (κ3) is 4.14. The monoisotopic (exact) mass is 463 g/mol. The normalized spacial score (nSPS) is 13.8. The van der Waals surface area contributed by atoms with Crippen LogP contribution in [-0.2, 0) is 22.8 Å². The predicted molar refractivity (Wildman–Crippen MR) is 128 cm³/mol. The number of benzene rings is 2. The van der Waals surface area contributed by atoms with Gasteiger partial charge in [0.1, 0.15) is 0 Å². The van der Waals surface area contributed by atoms with Gasteiger partial charge < -0.3 is 16.0 Å². The molecular formula is C23H25N7O2S. The van der Waals surface area contributed by atoms with E-state index in [2.05, 4.69) is 43.1 Å². The lowest BCUT2D eigenvalue weighted by molar-refractivity contribution is 0.587. The molecule has 2 aromatic carbocycles. The number of nitrogens with one attached hydrogen (secondary N) is 3. The molecule has 10 heteroatoms. The first-order chi connectivity index (χ1) is 15.9. The van der Waals surface area contributed by atoms with Gasteiger partial charge in [0.15, 0.2) is 15.5 Å². The molecule has 3 heterocycles. The van der Waals surface area contributed by atoms with Crippen LogP contribution >= 0.6 is 0 Å². The van der Waals surface area contributed by atoms with Crippen molar-refractivity contribution in [3.8, 4) is 0 Å². The van der Waals surface area contributed by atoms with Crippen LogP contribution in [0.15, 0.2) is 59.6 Å². The molecule has 1 aliphatic heterocycles. The molecule has 0 saturated carbocycles. The number of aromatic nitrogens is 4. The summed E-state index contributed by atoms with van der Waals surface area (Å²) in [5, 5.41) is 13.6. The summed E-state index contributed by atoms with van der Waals surface area (Å²) in [6.07, 6.45) is 2.60. The minimum Gasteiger partial charge on any atom is -0.324 e. The molecule has 0 spiro atoms. The molecule has 170 valence electrons. The van der Waals surface area contributed by atoms with Gasteiger partial charge in [-0.3, -0.25) is 0 Å². The van der Waals surface area contributed by atoms with E-state index < -0.39 is 15.1 Å². The zero-order valence-corrected chi connectivity index (χ0v) is 19.2. The van der Waals surface area contributed by atoms with Gasteiger partial charge in [0.25, 0.3) is 0 Å². The van der Waals surface area contributed by atoms with E-state index in [-0.39, 0.29) is 4.90 Å². The molecule has 0 atom stereocenters. The molecule has 0 fully saturated rings. The highest BCUT2D eigenvalue weighted by Gasteiger charge is 2.23. The zero-order valence-electron chi connectivity index (χ0n) is 18.4. The maximum absolute atomic E-state index is 12.9. The van der Waals surface area contributed by atoms with Gasteiger partial charge in [-0.25, -0.2) is 8.42 Å². The lowest BCUT2D eigenvalue weighted by Crippen LogP contribution is -2.23. The van der Waals surface area contributed by atoms with Gasteiger partial charge in [-0.05, 0) is 62.2 Å². The predicted octanol–water partition coefficient (Wildman–Crippen LogP) is 3.44. The number of anilines is 4. The van der Waals surface area contributed by atoms with Crippen LogP contribution in [0, 0.1) is 0 Å². The van der Waals surface area contributed by atoms with Crippen molar-refractivity contribution in [3.63, 3.8) is 0 Å². The van der Waals surface area contributed by atoms with Gasteiger partial charge in [0, 0.05) is 18.3 Å². The van der Waals surface area contributed by atoms with Gasteiger partial charge in [-0.15, -0.1) is 0 Å². The minimum absolute atomic E-state index is 0.219. The number of sulfone groups is 1. The van der Waals surface area contributed by atoms with E-state index in [1.54, 1.807) is 54.9 Å². The number of hydrogen-bond acceptors (Lipinski definition) is 8. The molecule has 0 amide bonds. The molecular weight excluding hydrogens is 438 g/mol. The lowest BCUT2D eigenvalue weighted by atomic mass is 10.0. The smallest absolute Gasteiger partial charge is 0.233 e. The number of nitrogens with zero attached hydrogens (tertiary/aromatic N) is 4. The third-order valence-corrected chi connectivity index (χ3v) is 7.88. The van der Waals surface area contributed by atoms with Crippen LogP contribution in [0.3, 0.4) is 0 Å². The van der Waals surface area contributed by atoms with E-state index in [1.807, 2.05) is 6.07 Å². The summed E-state index contributed by atoms with van der Waals surface area (Å²) >= 11 is 0. The van der Waals surface area contributed by atoms with Crippen LogP contribution in [0.25, 0.3) is 5.65 Å². The van der Waals surface area contributed by atoms with E-state index in [0.29, 0.717) is 23.2 Å². The Hall–Kier alpha value is -3.50. The van der Waals surface area contributed by atoms with Crippen LogP contribution in [0.1, 0.15) is 25.0 Å². The zero-order chi connectivity index (χ0) is 23.0. The highest BCUT2D eigenvalue weighted by Crippen LogP contribution is 2.28. The van der Waals surface area contributed by atoms with E-state index in [0.717, 1.165) is 25.2 Å². The summed E-state index contributed by atoms with van der Waals surface area (Å²) in [4.78, 5) is 9.37. The maximum Gasteiger partial charge on any atom is 0.233 e. The molecule has 9 nitrogen and oxygen atoms in total. The Bertz CT molecular complexity index is 1430. The fourth-order valence-electron chi connectivity index (χ4n) is 3.84. The fraction of sp³-hybridized carbons (Fsp3) is 0.261. The van der Waals surface area contributed by atoms with Crippen molar-refractivity contribution in [2.45, 2.75) is 37.0 Å². The topological polar surface area (TPSA) is 113 Å². The summed E-state index contributed by atoms with van der Waals surface area (Å²) in [6, 6.07) is 14.8. The first-order valence-corrected chi connectivity index (χ1v) is 12.4. The van der Waals surface area contributed by atoms with Crippen molar-refractivity contribution in [1.29, 1.82) is 0 Å². The van der Waals surface area contributed by atoms with Gasteiger partial charge in [-0.1, -0.05) is 18.2 Å². The quantitative estimate of drug-likeness (QED) is 0.399. The van der Waals surface area contributed by atoms with Gasteiger partial charge in [0.05, 0.1) is 22.0 Å². The van der Waals surface area contributed by atoms with Crippen molar-refractivity contribution in [2.75, 3.05) is 17.2 Å². The molecule has 1 aliphatic rings. The largest absolute Gasteiger partial charge is 0.324 e. The first-order valence-electron chi connectivity index (χ1n) is 10.8. The molecule has 0 saturated heterocycles. The van der Waals surface area contributed by atoms with E-state index >= 15 is 0 Å². The van der Waals surface area contributed by atoms with Crippen LogP contribution in [0.5, 0.6) is 0 Å². The second kappa shape index (κ2) is 8.45. The molecule has 4 aromatic rings. The SMILES string of the molecule is CC(C)S(=O)(=O)c1ccccc1Nc1nc(Nc2ccc3c(c2)CCNC3)nc2ccnn12. The Balaban J connectivity index is 1.51. The summed E-state index contributed by atoms with van der Waals surface area (Å²) in [7, 11) is -3.49. The molecule has 3 N–H and O–H groups in total. The number of para-hydroxylation sites is 1. The van der Waals surface area contributed by atoms with E-state index in [1.165, 1.54) is 11.1 Å². The Kier molecular flexibility index (Phi) is 5.47. The van der Waals surface area contributed by atoms with E-state index in [9.17, 15) is 8.42 Å². The number of hydrogen-bond donors (Lipinski definition) is 3. The lowest BCUT2D eigenvalue weighted by Gasteiger charge is -2.18. The van der Waals surface area contributed by atoms with Crippen molar-refractivity contribution >= 4 is 38.8 Å². The van der Waals surface area contributed by atoms with Crippen LogP contribution in [0.4, 0.5) is 23.3 Å². The minimum atomic E-state index is -3.49. The number of fused-ring (bicyclic) bond motifs is 2. The average Bonchev–Trinajstić information content (AvgIpc) is 3.28. The Morgan fingerprint density at radius 2 is 1.88 bits per heavy atom. The summed E-state index contributed by atoms with van der Waals surface area (Å²) in [5.74, 6) is 0.754. The second-order valence-corrected chi connectivity index (χ2v) is 10.7. The molecule has 0 radical (unpaired) electrons. The molecule has 33 heavy (non-hydrogen) atoms. The van der Waals surface area contributed by atoms with Gasteiger partial charge in [0.2, 0.25) is 11.9 Å². The molecule has 0 unspecified atom stereocenters. The van der Waals surface area contributed by atoms with Crippen LogP contribution in [-0.4, -0.2) is 39.8 Å². The van der Waals surface area contributed by atoms with Gasteiger partial charge in [-0.2, -0.15) is 19.6 Å². The van der Waals surface area contributed by atoms with Crippen molar-refractivity contribution in [3.05, 3.63) is 65.9 Å². The Labute approximate surface area is 192 Å². The first kappa shape index (κ1) is 21.4. The Morgan fingerprint density at radius 1 is 1.03 bits per heavy atom. The van der Waals surface area contributed by atoms with E-state index in [4.69, 9.17) is 0 Å². The highest BCUT2D eigenvalue weighted by atomic mass is 32.2. The highest BCUT2D eigenvalue weighted by molar-refractivity contribution is 7.92.